The van der Waals surface area contributed by atoms with Gasteiger partial charge in [-0.15, -0.1) is 0 Å². The molecule has 0 saturated heterocycles. The van der Waals surface area contributed by atoms with Gasteiger partial charge >= 0.3 is 0 Å². The van der Waals surface area contributed by atoms with Crippen LogP contribution in [0.25, 0.3) is 10.9 Å². The second-order valence-electron chi connectivity index (χ2n) is 11.2. The first-order chi connectivity index (χ1) is 18.9. The summed E-state index contributed by atoms with van der Waals surface area (Å²) >= 11 is 6.24. The van der Waals surface area contributed by atoms with E-state index in [4.69, 9.17) is 11.6 Å². The molecule has 0 radical (unpaired) electrons. The number of aromatic nitrogens is 1. The van der Waals surface area contributed by atoms with E-state index in [0.29, 0.717) is 23.3 Å². The number of Topliss-reactive ketones (excluding diaryl/α,β-unsaturated/α-hetero) is 1. The number of hydrogen-bond acceptors (Lipinski definition) is 2. The van der Waals surface area contributed by atoms with Crippen molar-refractivity contribution in [3.63, 3.8) is 0 Å². The van der Waals surface area contributed by atoms with Crippen molar-refractivity contribution in [2.45, 2.75) is 70.8 Å². The van der Waals surface area contributed by atoms with Crippen molar-refractivity contribution >= 4 is 39.9 Å². The van der Waals surface area contributed by atoms with Crippen molar-refractivity contribution in [2.75, 3.05) is 4.90 Å². The van der Waals surface area contributed by atoms with Gasteiger partial charge in [-0.05, 0) is 58.9 Å². The van der Waals surface area contributed by atoms with Crippen LogP contribution in [0.2, 0.25) is 5.02 Å². The minimum absolute atomic E-state index is 0.0874. The largest absolute Gasteiger partial charge is 0.361 e. The van der Waals surface area contributed by atoms with Crippen molar-refractivity contribution in [1.82, 2.24) is 4.98 Å². The number of nitrogens with one attached hydrogen (secondary N) is 1. The Labute approximate surface area is 236 Å². The number of H-pyrrole nitrogens is 1. The predicted octanol–water partition coefficient (Wildman–Crippen LogP) is 8.80. The van der Waals surface area contributed by atoms with E-state index in [-0.39, 0.29) is 18.1 Å². The number of para-hydroxylation sites is 1. The topological polar surface area (TPSA) is 53.2 Å². The van der Waals surface area contributed by atoms with E-state index in [1.807, 2.05) is 66.9 Å². The zero-order valence-corrected chi connectivity index (χ0v) is 23.6. The Balaban J connectivity index is 1.56. The Morgan fingerprint density at radius 3 is 2.26 bits per heavy atom. The highest BCUT2D eigenvalue weighted by molar-refractivity contribution is 6.30. The Morgan fingerprint density at radius 1 is 0.897 bits per heavy atom. The summed E-state index contributed by atoms with van der Waals surface area (Å²) in [4.78, 5) is 33.5. The number of halogens is 1. The summed E-state index contributed by atoms with van der Waals surface area (Å²) in [6.07, 6.45) is 8.31. The fourth-order valence-corrected chi connectivity index (χ4v) is 6.02. The minimum Gasteiger partial charge on any atom is -0.361 e. The van der Waals surface area contributed by atoms with E-state index in [2.05, 4.69) is 31.0 Å². The van der Waals surface area contributed by atoms with Gasteiger partial charge in [0.2, 0.25) is 5.91 Å². The second-order valence-corrected chi connectivity index (χ2v) is 11.6. The molecule has 1 unspecified atom stereocenters. The average molecular weight is 541 g/mol. The van der Waals surface area contributed by atoms with Gasteiger partial charge in [-0.3, -0.25) is 14.5 Å². The van der Waals surface area contributed by atoms with E-state index in [1.165, 1.54) is 24.8 Å². The molecular formula is C34H37ClN2O2. The Morgan fingerprint density at radius 2 is 1.56 bits per heavy atom. The Kier molecular flexibility index (Phi) is 8.52. The summed E-state index contributed by atoms with van der Waals surface area (Å²) < 4.78 is 0. The van der Waals surface area contributed by atoms with Crippen molar-refractivity contribution in [1.29, 1.82) is 0 Å². The van der Waals surface area contributed by atoms with Gasteiger partial charge in [0.1, 0.15) is 6.04 Å². The summed E-state index contributed by atoms with van der Waals surface area (Å²) in [6.45, 7) is 4.30. The molecule has 0 bridgehead atoms. The van der Waals surface area contributed by atoms with Gasteiger partial charge < -0.3 is 4.98 Å². The summed E-state index contributed by atoms with van der Waals surface area (Å²) in [7, 11) is 0. The third-order valence-corrected chi connectivity index (χ3v) is 8.34. The minimum atomic E-state index is -0.716. The smallest absolute Gasteiger partial charge is 0.232 e. The van der Waals surface area contributed by atoms with Crippen LogP contribution in [0.4, 0.5) is 5.69 Å². The van der Waals surface area contributed by atoms with E-state index in [9.17, 15) is 9.59 Å². The Hall–Kier alpha value is -3.37. The van der Waals surface area contributed by atoms with Crippen molar-refractivity contribution in [3.8, 4) is 0 Å². The maximum absolute atomic E-state index is 14.3. The molecule has 5 heteroatoms. The molecule has 4 nitrogen and oxygen atoms in total. The zero-order chi connectivity index (χ0) is 27.4. The lowest BCUT2D eigenvalue weighted by Gasteiger charge is -2.33. The average Bonchev–Trinajstić information content (AvgIpc) is 3.35. The van der Waals surface area contributed by atoms with Crippen molar-refractivity contribution < 1.29 is 9.59 Å². The Bertz CT molecular complexity index is 1420. The molecule has 1 fully saturated rings. The highest BCUT2D eigenvalue weighted by Crippen LogP contribution is 2.35. The molecule has 3 aromatic carbocycles. The monoisotopic (exact) mass is 540 g/mol. The fraction of sp³-hybridized carbons (Fsp3) is 0.353. The summed E-state index contributed by atoms with van der Waals surface area (Å²) in [5, 5.41) is 1.63. The number of carbonyl (C=O) groups excluding carboxylic acids is 2. The van der Waals surface area contributed by atoms with E-state index in [0.717, 1.165) is 40.6 Å². The van der Waals surface area contributed by atoms with E-state index in [1.54, 1.807) is 4.90 Å². The maximum atomic E-state index is 14.3. The van der Waals surface area contributed by atoms with Crippen LogP contribution in [0.1, 0.15) is 81.0 Å². The number of aromatic amines is 1. The highest BCUT2D eigenvalue weighted by Gasteiger charge is 2.34. The van der Waals surface area contributed by atoms with Crippen LogP contribution in [0.3, 0.4) is 0 Å². The highest BCUT2D eigenvalue weighted by atomic mass is 35.5. The van der Waals surface area contributed by atoms with Gasteiger partial charge in [-0.2, -0.15) is 0 Å². The lowest BCUT2D eigenvalue weighted by atomic mass is 9.83. The number of nitrogens with zero attached hydrogens (tertiary/aromatic N) is 1. The normalized spacial score (nSPS) is 15.0. The maximum Gasteiger partial charge on any atom is 0.232 e. The molecule has 0 spiro atoms. The quantitative estimate of drug-likeness (QED) is 0.230. The molecule has 1 amide bonds. The van der Waals surface area contributed by atoms with Crippen molar-refractivity contribution in [3.05, 3.63) is 101 Å². The third-order valence-electron chi connectivity index (χ3n) is 8.09. The van der Waals surface area contributed by atoms with Gasteiger partial charge in [0.15, 0.2) is 5.78 Å². The number of benzene rings is 3. The number of ketones is 1. The summed E-state index contributed by atoms with van der Waals surface area (Å²) in [5.74, 6) is 0.725. The molecule has 1 heterocycles. The van der Waals surface area contributed by atoms with Crippen LogP contribution in [0, 0.1) is 5.92 Å². The first-order valence-electron chi connectivity index (χ1n) is 14.2. The molecule has 202 valence electrons. The van der Waals surface area contributed by atoms with E-state index >= 15 is 0 Å². The van der Waals surface area contributed by atoms with Gasteiger partial charge in [0.05, 0.1) is 6.42 Å². The van der Waals surface area contributed by atoms with Crippen LogP contribution in [0.5, 0.6) is 0 Å². The first kappa shape index (κ1) is 27.2. The van der Waals surface area contributed by atoms with Crippen LogP contribution >= 0.6 is 11.6 Å². The lowest BCUT2D eigenvalue weighted by molar-refractivity contribution is -0.125. The lowest BCUT2D eigenvalue weighted by Crippen LogP contribution is -2.40. The predicted molar refractivity (Wildman–Crippen MR) is 160 cm³/mol. The molecule has 1 aliphatic carbocycles. The number of rotatable bonds is 9. The molecule has 1 saturated carbocycles. The van der Waals surface area contributed by atoms with Gasteiger partial charge in [-0.1, -0.05) is 100 Å². The number of amides is 1. The third kappa shape index (κ3) is 6.28. The van der Waals surface area contributed by atoms with Crippen molar-refractivity contribution in [2.24, 2.45) is 5.92 Å². The van der Waals surface area contributed by atoms with Gasteiger partial charge in [0, 0.05) is 34.2 Å². The first-order valence-corrected chi connectivity index (χ1v) is 14.5. The second kappa shape index (κ2) is 12.2. The molecule has 1 N–H and O–H groups in total. The van der Waals surface area contributed by atoms with Gasteiger partial charge in [0.25, 0.3) is 0 Å². The van der Waals surface area contributed by atoms with Gasteiger partial charge in [-0.25, -0.2) is 0 Å². The molecular weight excluding hydrogens is 504 g/mol. The van der Waals surface area contributed by atoms with Crippen LogP contribution in [-0.2, 0) is 16.0 Å². The molecule has 5 rings (SSSR count). The molecule has 1 aromatic heterocycles. The van der Waals surface area contributed by atoms with E-state index < -0.39 is 6.04 Å². The molecule has 4 aromatic rings. The number of carbonyl (C=O) groups is 2. The molecule has 0 aliphatic heterocycles. The standard InChI is InChI=1S/C34H37ClN2O2/c1-23(2)25-14-18-29(19-15-25)37(33(39)21-27-22-36-31-11-7-6-10-30(27)31)34(26-12-16-28(35)17-13-26)32(38)20-24-8-4-3-5-9-24/h6-7,10-19,22-24,34,36H,3-5,8-9,20-21H2,1-2H3. The van der Waals surface area contributed by atoms with Crippen LogP contribution in [0.15, 0.2) is 79.0 Å². The zero-order valence-electron chi connectivity index (χ0n) is 22.8. The van der Waals surface area contributed by atoms with Crippen LogP contribution in [-0.4, -0.2) is 16.7 Å². The summed E-state index contributed by atoms with van der Waals surface area (Å²) in [6, 6.07) is 22.8. The molecule has 39 heavy (non-hydrogen) atoms. The molecule has 1 aliphatic rings. The van der Waals surface area contributed by atoms with Crippen LogP contribution < -0.4 is 4.90 Å². The summed E-state index contributed by atoms with van der Waals surface area (Å²) in [5.41, 5.74) is 4.64. The number of fused-ring (bicyclic) bond motifs is 1. The fourth-order valence-electron chi connectivity index (χ4n) is 5.89. The number of anilines is 1. The SMILES string of the molecule is CC(C)c1ccc(N(C(=O)Cc2c[nH]c3ccccc23)C(C(=O)CC2CCCCC2)c2ccc(Cl)cc2)cc1. The number of hydrogen-bond donors (Lipinski definition) is 1. The molecule has 1 atom stereocenters.